The third-order valence-corrected chi connectivity index (χ3v) is 5.91. The quantitative estimate of drug-likeness (QED) is 0.456. The van der Waals surface area contributed by atoms with Gasteiger partial charge in [0.05, 0.1) is 4.92 Å². The van der Waals surface area contributed by atoms with Crippen LogP contribution in [0.4, 0.5) is 11.4 Å². The van der Waals surface area contributed by atoms with Crippen molar-refractivity contribution < 1.29 is 9.72 Å². The third kappa shape index (κ3) is 4.08. The van der Waals surface area contributed by atoms with Gasteiger partial charge in [0.2, 0.25) is 0 Å². The minimum Gasteiger partial charge on any atom is -0.362 e. The predicted octanol–water partition coefficient (Wildman–Crippen LogP) is 4.33. The maximum absolute atomic E-state index is 12.8. The Bertz CT molecular complexity index is 1050. The number of aromatic nitrogens is 1. The number of nitro groups is 1. The smallest absolute Gasteiger partial charge is 0.294 e. The van der Waals surface area contributed by atoms with Crippen LogP contribution >= 0.6 is 22.9 Å². The predicted molar refractivity (Wildman–Crippen MR) is 114 cm³/mol. The first-order valence-electron chi connectivity index (χ1n) is 9.02. The van der Waals surface area contributed by atoms with Gasteiger partial charge in [-0.15, -0.1) is 11.3 Å². The number of amides is 1. The number of halogens is 1. The van der Waals surface area contributed by atoms with Gasteiger partial charge in [0.25, 0.3) is 11.6 Å². The van der Waals surface area contributed by atoms with Crippen LogP contribution in [-0.4, -0.2) is 46.9 Å². The lowest BCUT2D eigenvalue weighted by atomic mass is 10.2. The molecule has 0 N–H and O–H groups in total. The molecule has 0 atom stereocenters. The molecule has 0 spiro atoms. The van der Waals surface area contributed by atoms with Gasteiger partial charge in [0.15, 0.2) is 0 Å². The van der Waals surface area contributed by atoms with E-state index in [4.69, 9.17) is 11.6 Å². The van der Waals surface area contributed by atoms with Crippen LogP contribution in [0.3, 0.4) is 0 Å². The Balaban J connectivity index is 1.45. The molecule has 3 aromatic rings. The monoisotopic (exact) mass is 428 g/mol. The second kappa shape index (κ2) is 8.18. The largest absolute Gasteiger partial charge is 0.362 e. The Morgan fingerprint density at radius 2 is 1.83 bits per heavy atom. The molecular weight excluding hydrogens is 412 g/mol. The molecule has 0 unspecified atom stereocenters. The summed E-state index contributed by atoms with van der Waals surface area (Å²) in [5, 5.41) is 14.3. The number of piperazine rings is 1. The van der Waals surface area contributed by atoms with Crippen LogP contribution in [0.5, 0.6) is 0 Å². The van der Waals surface area contributed by atoms with Crippen LogP contribution < -0.4 is 4.90 Å². The number of benzene rings is 2. The maximum Gasteiger partial charge on any atom is 0.294 e. The Kier molecular flexibility index (Phi) is 5.46. The molecule has 2 aromatic carbocycles. The van der Waals surface area contributed by atoms with Crippen molar-refractivity contribution in [2.45, 2.75) is 0 Å². The second-order valence-corrected chi connectivity index (χ2v) is 7.87. The molecule has 0 saturated carbocycles. The summed E-state index contributed by atoms with van der Waals surface area (Å²) < 4.78 is 0. The average molecular weight is 429 g/mol. The number of rotatable bonds is 4. The Morgan fingerprint density at radius 3 is 2.52 bits per heavy atom. The molecule has 7 nitrogen and oxygen atoms in total. The molecule has 9 heteroatoms. The summed E-state index contributed by atoms with van der Waals surface area (Å²) in [7, 11) is 0. The summed E-state index contributed by atoms with van der Waals surface area (Å²) in [6, 6.07) is 14.4. The molecule has 1 saturated heterocycles. The summed E-state index contributed by atoms with van der Waals surface area (Å²) in [6.45, 7) is 1.95. The van der Waals surface area contributed by atoms with E-state index in [2.05, 4.69) is 4.98 Å². The van der Waals surface area contributed by atoms with E-state index in [1.165, 1.54) is 17.4 Å². The number of carbonyl (C=O) groups is 1. The summed E-state index contributed by atoms with van der Waals surface area (Å²) in [5.74, 6) is -0.117. The topological polar surface area (TPSA) is 79.6 Å². The highest BCUT2D eigenvalue weighted by Crippen LogP contribution is 2.32. The molecule has 29 heavy (non-hydrogen) atoms. The van der Waals surface area contributed by atoms with Crippen molar-refractivity contribution in [3.63, 3.8) is 0 Å². The lowest BCUT2D eigenvalue weighted by molar-refractivity contribution is -0.384. The number of nitrogens with zero attached hydrogens (tertiary/aromatic N) is 4. The summed E-state index contributed by atoms with van der Waals surface area (Å²) in [6.07, 6.45) is 0. The fraction of sp³-hybridized carbons (Fsp3) is 0.200. The third-order valence-electron chi connectivity index (χ3n) is 4.79. The van der Waals surface area contributed by atoms with Crippen LogP contribution in [0.15, 0.2) is 53.9 Å². The van der Waals surface area contributed by atoms with E-state index in [1.54, 1.807) is 22.4 Å². The lowest BCUT2D eigenvalue weighted by Crippen LogP contribution is -2.49. The van der Waals surface area contributed by atoms with Crippen molar-refractivity contribution in [2.24, 2.45) is 0 Å². The average Bonchev–Trinajstić information content (AvgIpc) is 3.24. The molecule has 1 fully saturated rings. The molecule has 1 aromatic heterocycles. The zero-order valence-electron chi connectivity index (χ0n) is 15.3. The van der Waals surface area contributed by atoms with Gasteiger partial charge in [0.1, 0.15) is 16.4 Å². The van der Waals surface area contributed by atoms with Gasteiger partial charge < -0.3 is 9.80 Å². The number of anilines is 1. The first kappa shape index (κ1) is 19.4. The molecule has 2 heterocycles. The molecule has 0 bridgehead atoms. The molecule has 4 rings (SSSR count). The highest BCUT2D eigenvalue weighted by molar-refractivity contribution is 7.13. The fourth-order valence-corrected chi connectivity index (χ4v) is 4.27. The van der Waals surface area contributed by atoms with E-state index in [9.17, 15) is 14.9 Å². The van der Waals surface area contributed by atoms with Crippen molar-refractivity contribution in [1.82, 2.24) is 9.88 Å². The Hall–Kier alpha value is -2.97. The van der Waals surface area contributed by atoms with Crippen molar-refractivity contribution in [3.8, 4) is 10.6 Å². The van der Waals surface area contributed by atoms with Crippen LogP contribution in [0.2, 0.25) is 5.02 Å². The molecule has 1 aliphatic rings. The fourth-order valence-electron chi connectivity index (χ4n) is 3.31. The molecular formula is C20H17ClN4O3S. The van der Waals surface area contributed by atoms with Crippen LogP contribution in [-0.2, 0) is 0 Å². The minimum atomic E-state index is -0.431. The summed E-state index contributed by atoms with van der Waals surface area (Å²) >= 11 is 7.34. The Morgan fingerprint density at radius 1 is 1.10 bits per heavy atom. The highest BCUT2D eigenvalue weighted by Gasteiger charge is 2.27. The number of hydrogen-bond donors (Lipinski definition) is 0. The SMILES string of the molecule is O=C(c1csc(-c2ccccc2)n1)N1CCN(c2ccc(Cl)cc2[N+](=O)[O-])CC1. The van der Waals surface area contributed by atoms with Gasteiger partial charge in [-0.1, -0.05) is 41.9 Å². The normalized spacial score (nSPS) is 14.1. The number of thiazole rings is 1. The van der Waals surface area contributed by atoms with Gasteiger partial charge in [-0.3, -0.25) is 14.9 Å². The lowest BCUT2D eigenvalue weighted by Gasteiger charge is -2.35. The molecule has 0 radical (unpaired) electrons. The van der Waals surface area contributed by atoms with E-state index in [0.717, 1.165) is 10.6 Å². The van der Waals surface area contributed by atoms with Gasteiger partial charge in [-0.05, 0) is 12.1 Å². The molecule has 1 amide bonds. The Labute approximate surface area is 176 Å². The minimum absolute atomic E-state index is 0.0238. The first-order chi connectivity index (χ1) is 14.0. The van der Waals surface area contributed by atoms with Crippen molar-refractivity contribution in [1.29, 1.82) is 0 Å². The van der Waals surface area contributed by atoms with E-state index in [0.29, 0.717) is 42.6 Å². The summed E-state index contributed by atoms with van der Waals surface area (Å²) in [4.78, 5) is 31.9. The first-order valence-corrected chi connectivity index (χ1v) is 10.3. The number of carbonyl (C=O) groups excluding carboxylic acids is 1. The zero-order chi connectivity index (χ0) is 20.4. The maximum atomic E-state index is 12.8. The van der Waals surface area contributed by atoms with Crippen molar-refractivity contribution >= 4 is 40.2 Å². The van der Waals surface area contributed by atoms with Crippen LogP contribution in [0.1, 0.15) is 10.5 Å². The zero-order valence-corrected chi connectivity index (χ0v) is 16.9. The van der Waals surface area contributed by atoms with Gasteiger partial charge >= 0.3 is 0 Å². The van der Waals surface area contributed by atoms with Crippen molar-refractivity contribution in [3.05, 3.63) is 74.7 Å². The van der Waals surface area contributed by atoms with Gasteiger partial charge in [-0.25, -0.2) is 4.98 Å². The van der Waals surface area contributed by atoms with E-state index in [1.807, 2.05) is 35.2 Å². The molecule has 148 valence electrons. The van der Waals surface area contributed by atoms with Crippen molar-refractivity contribution in [2.75, 3.05) is 31.1 Å². The van der Waals surface area contributed by atoms with Crippen LogP contribution in [0.25, 0.3) is 10.6 Å². The second-order valence-electron chi connectivity index (χ2n) is 6.57. The van der Waals surface area contributed by atoms with E-state index < -0.39 is 4.92 Å². The molecule has 0 aliphatic carbocycles. The number of hydrogen-bond acceptors (Lipinski definition) is 6. The summed E-state index contributed by atoms with van der Waals surface area (Å²) in [5.41, 5.74) is 1.91. The molecule has 1 aliphatic heterocycles. The van der Waals surface area contributed by atoms with Gasteiger partial charge in [-0.2, -0.15) is 0 Å². The van der Waals surface area contributed by atoms with Crippen LogP contribution in [0, 0.1) is 10.1 Å². The highest BCUT2D eigenvalue weighted by atomic mass is 35.5. The van der Waals surface area contributed by atoms with E-state index >= 15 is 0 Å². The standard InChI is InChI=1S/C20H17ClN4O3S/c21-15-6-7-17(18(12-15)25(27)28)23-8-10-24(11-9-23)20(26)16-13-29-19(22-16)14-4-2-1-3-5-14/h1-7,12-13H,8-11H2. The number of nitro benzene ring substituents is 1. The van der Waals surface area contributed by atoms with Gasteiger partial charge in [0, 0.05) is 48.2 Å². The van der Waals surface area contributed by atoms with E-state index in [-0.39, 0.29) is 11.6 Å².